The number of aliphatic hydroxyl groups excluding tert-OH is 2. The summed E-state index contributed by atoms with van der Waals surface area (Å²) in [4.78, 5) is 25.9. The highest BCUT2D eigenvalue weighted by Gasteiger charge is 2.24. The summed E-state index contributed by atoms with van der Waals surface area (Å²) in [6.07, 6.45) is 44.1. The van der Waals surface area contributed by atoms with Crippen LogP contribution in [0.3, 0.4) is 0 Å². The first-order valence-corrected chi connectivity index (χ1v) is 23.4. The van der Waals surface area contributed by atoms with E-state index in [4.69, 9.17) is 4.74 Å². The summed E-state index contributed by atoms with van der Waals surface area (Å²) in [6, 6.07) is -0.694. The first-order chi connectivity index (χ1) is 26.0. The molecule has 0 aromatic heterocycles. The number of hydrogen-bond donors (Lipinski definition) is 3. The van der Waals surface area contributed by atoms with E-state index in [9.17, 15) is 19.8 Å². The fourth-order valence-corrected chi connectivity index (χ4v) is 7.26. The number of rotatable bonds is 42. The van der Waals surface area contributed by atoms with Gasteiger partial charge in [0.2, 0.25) is 5.91 Å². The molecule has 3 atom stereocenters. The Hall–Kier alpha value is -1.40. The van der Waals surface area contributed by atoms with Gasteiger partial charge in [-0.2, -0.15) is 0 Å². The molecule has 0 aliphatic carbocycles. The number of carbonyl (C=O) groups excluding carboxylic acids is 2. The van der Waals surface area contributed by atoms with Crippen LogP contribution >= 0.6 is 0 Å². The summed E-state index contributed by atoms with van der Waals surface area (Å²) in [5.41, 5.74) is 0. The summed E-state index contributed by atoms with van der Waals surface area (Å²) in [6.45, 7) is 6.42. The fraction of sp³-hybridized carbons (Fsp3) is 0.915. The van der Waals surface area contributed by atoms with Crippen LogP contribution in [0.2, 0.25) is 0 Å². The summed E-state index contributed by atoms with van der Waals surface area (Å²) >= 11 is 0. The molecule has 0 rings (SSSR count). The third-order valence-electron chi connectivity index (χ3n) is 10.8. The maximum absolute atomic E-state index is 13.1. The van der Waals surface area contributed by atoms with E-state index in [1.807, 2.05) is 0 Å². The van der Waals surface area contributed by atoms with Crippen molar-refractivity contribution in [1.29, 1.82) is 0 Å². The standard InChI is InChI=1S/C47H91NO5/c1-4-7-10-13-16-19-22-23-25-26-29-32-35-38-43(53-47(52)40-37-34-31-28-21-18-15-12-9-6-3)41-46(51)48-44(42-49)45(50)39-36-33-30-27-24-20-17-14-11-8-5-2/h12,15,43-45,49-50H,4-11,13-14,16-42H2,1-3H3,(H,48,51)/b15-12-. The van der Waals surface area contributed by atoms with Crippen molar-refractivity contribution < 1.29 is 24.5 Å². The number of ether oxygens (including phenoxy) is 1. The Morgan fingerprint density at radius 3 is 1.42 bits per heavy atom. The Kier molecular flexibility index (Phi) is 40.7. The lowest BCUT2D eigenvalue weighted by molar-refractivity contribution is -0.151. The van der Waals surface area contributed by atoms with Crippen molar-refractivity contribution in [1.82, 2.24) is 5.32 Å². The number of esters is 1. The number of allylic oxidation sites excluding steroid dienone is 2. The molecule has 0 spiro atoms. The predicted octanol–water partition coefficient (Wildman–Crippen LogP) is 13.4. The van der Waals surface area contributed by atoms with Gasteiger partial charge in [-0.3, -0.25) is 9.59 Å². The highest BCUT2D eigenvalue weighted by molar-refractivity contribution is 5.77. The lowest BCUT2D eigenvalue weighted by Gasteiger charge is -2.24. The number of aliphatic hydroxyl groups is 2. The lowest BCUT2D eigenvalue weighted by Crippen LogP contribution is -2.46. The summed E-state index contributed by atoms with van der Waals surface area (Å²) < 4.78 is 5.90. The van der Waals surface area contributed by atoms with Gasteiger partial charge in [-0.15, -0.1) is 0 Å². The molecule has 0 bridgehead atoms. The van der Waals surface area contributed by atoms with Crippen LogP contribution < -0.4 is 5.32 Å². The smallest absolute Gasteiger partial charge is 0.306 e. The maximum atomic E-state index is 13.1. The Bertz CT molecular complexity index is 802. The van der Waals surface area contributed by atoms with Gasteiger partial charge in [0.25, 0.3) is 0 Å². The molecular weight excluding hydrogens is 659 g/mol. The van der Waals surface area contributed by atoms with Crippen LogP contribution in [0.25, 0.3) is 0 Å². The van der Waals surface area contributed by atoms with Crippen LogP contribution in [0.5, 0.6) is 0 Å². The molecule has 314 valence electrons. The van der Waals surface area contributed by atoms with Crippen molar-refractivity contribution in [2.75, 3.05) is 6.61 Å². The minimum atomic E-state index is -0.781. The van der Waals surface area contributed by atoms with E-state index in [1.54, 1.807) is 0 Å². The normalized spacial score (nSPS) is 13.4. The van der Waals surface area contributed by atoms with Crippen molar-refractivity contribution in [3.05, 3.63) is 12.2 Å². The minimum absolute atomic E-state index is 0.0806. The van der Waals surface area contributed by atoms with E-state index in [0.717, 1.165) is 57.8 Å². The third-order valence-corrected chi connectivity index (χ3v) is 10.8. The topological polar surface area (TPSA) is 95.9 Å². The molecule has 53 heavy (non-hydrogen) atoms. The second-order valence-electron chi connectivity index (χ2n) is 16.2. The van der Waals surface area contributed by atoms with Crippen molar-refractivity contribution in [3.63, 3.8) is 0 Å². The van der Waals surface area contributed by atoms with Crippen molar-refractivity contribution >= 4 is 11.9 Å². The van der Waals surface area contributed by atoms with E-state index in [-0.39, 0.29) is 24.9 Å². The number of amides is 1. The summed E-state index contributed by atoms with van der Waals surface area (Å²) in [7, 11) is 0. The second-order valence-corrected chi connectivity index (χ2v) is 16.2. The van der Waals surface area contributed by atoms with Crippen molar-refractivity contribution in [2.24, 2.45) is 0 Å². The van der Waals surface area contributed by atoms with Gasteiger partial charge >= 0.3 is 5.97 Å². The average molecular weight is 750 g/mol. The number of carbonyl (C=O) groups is 2. The zero-order valence-corrected chi connectivity index (χ0v) is 35.7. The molecule has 0 aromatic carbocycles. The molecule has 3 N–H and O–H groups in total. The third kappa shape index (κ3) is 37.3. The molecule has 3 unspecified atom stereocenters. The van der Waals surface area contributed by atoms with Crippen LogP contribution in [-0.2, 0) is 14.3 Å². The molecule has 0 saturated carbocycles. The van der Waals surface area contributed by atoms with Crippen molar-refractivity contribution in [2.45, 2.75) is 270 Å². The largest absolute Gasteiger partial charge is 0.462 e. The fourth-order valence-electron chi connectivity index (χ4n) is 7.26. The lowest BCUT2D eigenvalue weighted by atomic mass is 10.0. The van der Waals surface area contributed by atoms with E-state index in [2.05, 4.69) is 38.2 Å². The van der Waals surface area contributed by atoms with E-state index in [0.29, 0.717) is 19.3 Å². The predicted molar refractivity (Wildman–Crippen MR) is 227 cm³/mol. The Balaban J connectivity index is 4.56. The van der Waals surface area contributed by atoms with Gasteiger partial charge < -0.3 is 20.3 Å². The maximum Gasteiger partial charge on any atom is 0.306 e. The van der Waals surface area contributed by atoms with Crippen LogP contribution in [0.15, 0.2) is 12.2 Å². The van der Waals surface area contributed by atoms with Gasteiger partial charge in [0.05, 0.1) is 25.2 Å². The number of hydrogen-bond acceptors (Lipinski definition) is 5. The van der Waals surface area contributed by atoms with Crippen LogP contribution in [0.1, 0.15) is 252 Å². The SMILES string of the molecule is CCC/C=C\CCCCCCCC(=O)OC(CCCCCCCCCCCCCCC)CC(=O)NC(CO)C(O)CCCCCCCCCCCCC. The summed E-state index contributed by atoms with van der Waals surface area (Å²) in [5, 5.41) is 23.6. The summed E-state index contributed by atoms with van der Waals surface area (Å²) in [5.74, 6) is -0.474. The highest BCUT2D eigenvalue weighted by Crippen LogP contribution is 2.18. The van der Waals surface area contributed by atoms with Crippen LogP contribution in [0.4, 0.5) is 0 Å². The molecule has 1 amide bonds. The molecule has 0 aliphatic heterocycles. The Labute approximate surface area is 329 Å². The van der Waals surface area contributed by atoms with Gasteiger partial charge in [0, 0.05) is 6.42 Å². The van der Waals surface area contributed by atoms with Gasteiger partial charge in [0.15, 0.2) is 0 Å². The van der Waals surface area contributed by atoms with E-state index < -0.39 is 18.2 Å². The molecule has 0 saturated heterocycles. The minimum Gasteiger partial charge on any atom is -0.462 e. The molecule has 0 aliphatic rings. The highest BCUT2D eigenvalue weighted by atomic mass is 16.5. The molecule has 6 nitrogen and oxygen atoms in total. The van der Waals surface area contributed by atoms with E-state index in [1.165, 1.54) is 148 Å². The van der Waals surface area contributed by atoms with Crippen molar-refractivity contribution in [3.8, 4) is 0 Å². The zero-order chi connectivity index (χ0) is 38.9. The first kappa shape index (κ1) is 51.6. The van der Waals surface area contributed by atoms with Crippen LogP contribution in [-0.4, -0.2) is 46.9 Å². The van der Waals surface area contributed by atoms with Gasteiger partial charge in [-0.05, 0) is 44.9 Å². The van der Waals surface area contributed by atoms with Crippen LogP contribution in [0, 0.1) is 0 Å². The quantitative estimate of drug-likeness (QED) is 0.0328. The monoisotopic (exact) mass is 750 g/mol. The molecule has 0 aromatic rings. The second kappa shape index (κ2) is 41.8. The van der Waals surface area contributed by atoms with E-state index >= 15 is 0 Å². The Morgan fingerprint density at radius 1 is 0.528 bits per heavy atom. The first-order valence-electron chi connectivity index (χ1n) is 23.4. The molecule has 0 fully saturated rings. The molecule has 0 radical (unpaired) electrons. The average Bonchev–Trinajstić information content (AvgIpc) is 3.15. The molecule has 6 heteroatoms. The van der Waals surface area contributed by atoms with Gasteiger partial charge in [0.1, 0.15) is 6.10 Å². The zero-order valence-electron chi connectivity index (χ0n) is 35.7. The number of nitrogens with one attached hydrogen (secondary N) is 1. The number of unbranched alkanes of at least 4 members (excludes halogenated alkanes) is 28. The molecular formula is C47H91NO5. The Morgan fingerprint density at radius 2 is 0.943 bits per heavy atom. The van der Waals surface area contributed by atoms with Gasteiger partial charge in [-0.1, -0.05) is 206 Å². The van der Waals surface area contributed by atoms with Gasteiger partial charge in [-0.25, -0.2) is 0 Å². The molecule has 0 heterocycles.